The van der Waals surface area contributed by atoms with Crippen molar-refractivity contribution in [1.29, 1.82) is 0 Å². The van der Waals surface area contributed by atoms with Crippen molar-refractivity contribution in [2.75, 3.05) is 39.8 Å². The van der Waals surface area contributed by atoms with Gasteiger partial charge in [-0.15, -0.1) is 0 Å². The smallest absolute Gasteiger partial charge is 0.168 e. The molecule has 9 nitrogen and oxygen atoms in total. The monoisotopic (exact) mass is 465 g/mol. The third-order valence-electron chi connectivity index (χ3n) is 4.82. The van der Waals surface area contributed by atoms with E-state index in [0.717, 1.165) is 34.7 Å². The Hall–Kier alpha value is -3.69. The molecule has 0 radical (unpaired) electrons. The van der Waals surface area contributed by atoms with Crippen LogP contribution >= 0.6 is 11.6 Å². The Bertz CT molecular complexity index is 1270. The van der Waals surface area contributed by atoms with Crippen LogP contribution in [0.25, 0.3) is 16.7 Å². The van der Waals surface area contributed by atoms with Crippen LogP contribution in [0.15, 0.2) is 60.1 Å². The van der Waals surface area contributed by atoms with Gasteiger partial charge in [0, 0.05) is 18.2 Å². The summed E-state index contributed by atoms with van der Waals surface area (Å²) in [5, 5.41) is 10.0. The fourth-order valence-corrected chi connectivity index (χ4v) is 3.30. The van der Waals surface area contributed by atoms with Crippen molar-refractivity contribution in [1.82, 2.24) is 24.6 Å². The molecule has 10 heteroatoms. The molecule has 2 aromatic heterocycles. The summed E-state index contributed by atoms with van der Waals surface area (Å²) in [5.74, 6) is 1.98. The summed E-state index contributed by atoms with van der Waals surface area (Å²) in [6, 6.07) is 13.1. The molecule has 2 aromatic carbocycles. The van der Waals surface area contributed by atoms with Gasteiger partial charge in [0.2, 0.25) is 0 Å². The van der Waals surface area contributed by atoms with E-state index in [2.05, 4.69) is 30.5 Å². The van der Waals surface area contributed by atoms with Crippen LogP contribution in [0.4, 0.5) is 5.82 Å². The molecule has 2 heterocycles. The number of rotatable bonds is 9. The minimum absolute atomic E-state index is 0.533. The molecule has 0 unspecified atom stereocenters. The third kappa shape index (κ3) is 5.39. The zero-order chi connectivity index (χ0) is 23.2. The van der Waals surface area contributed by atoms with Crippen LogP contribution in [-0.2, 0) is 0 Å². The Kier molecular flexibility index (Phi) is 7.01. The maximum absolute atomic E-state index is 6.38. The van der Waals surface area contributed by atoms with Crippen molar-refractivity contribution in [3.63, 3.8) is 0 Å². The molecule has 0 aliphatic carbocycles. The molecule has 0 bridgehead atoms. The molecular formula is C23H24ClN7O2. The lowest BCUT2D eigenvalue weighted by atomic mass is 10.2. The molecule has 0 amide bonds. The second-order valence-electron chi connectivity index (χ2n) is 7.42. The van der Waals surface area contributed by atoms with Crippen molar-refractivity contribution in [2.45, 2.75) is 0 Å². The average Bonchev–Trinajstić information content (AvgIpc) is 3.25. The number of hydrogen-bond acceptors (Lipinski definition) is 8. The number of nitrogens with one attached hydrogen (secondary N) is 1. The number of aromatic nitrogens is 4. The van der Waals surface area contributed by atoms with Crippen molar-refractivity contribution < 1.29 is 9.47 Å². The van der Waals surface area contributed by atoms with Crippen molar-refractivity contribution in [3.8, 4) is 17.2 Å². The van der Waals surface area contributed by atoms with Crippen LogP contribution in [0.1, 0.15) is 5.56 Å². The molecule has 0 atom stereocenters. The first kappa shape index (κ1) is 22.5. The summed E-state index contributed by atoms with van der Waals surface area (Å²) in [6.07, 6.45) is 4.79. The molecule has 0 saturated carbocycles. The highest BCUT2D eigenvalue weighted by molar-refractivity contribution is 6.33. The van der Waals surface area contributed by atoms with E-state index in [1.807, 2.05) is 50.5 Å². The number of halogens is 1. The van der Waals surface area contributed by atoms with E-state index in [4.69, 9.17) is 21.1 Å². The van der Waals surface area contributed by atoms with E-state index in [1.165, 1.54) is 6.33 Å². The summed E-state index contributed by atoms with van der Waals surface area (Å²) in [6.45, 7) is 1.41. The lowest BCUT2D eigenvalue weighted by Gasteiger charge is -2.11. The van der Waals surface area contributed by atoms with Gasteiger partial charge in [-0.25, -0.2) is 14.6 Å². The summed E-state index contributed by atoms with van der Waals surface area (Å²) in [4.78, 5) is 10.7. The number of hydrogen-bond donors (Lipinski definition) is 1. The first-order chi connectivity index (χ1) is 16.0. The Balaban J connectivity index is 1.49. The number of ether oxygens (including phenoxy) is 2. The largest absolute Gasteiger partial charge is 0.497 e. The first-order valence-electron chi connectivity index (χ1n) is 10.2. The number of likely N-dealkylation sites (N-methyl/N-ethyl adjacent to an activating group) is 1. The molecular weight excluding hydrogens is 442 g/mol. The summed E-state index contributed by atoms with van der Waals surface area (Å²) >= 11 is 6.38. The first-order valence-corrected chi connectivity index (χ1v) is 10.6. The Morgan fingerprint density at radius 1 is 1.15 bits per heavy atom. The van der Waals surface area contributed by atoms with Gasteiger partial charge >= 0.3 is 0 Å². The van der Waals surface area contributed by atoms with Gasteiger partial charge in [-0.05, 0) is 44.4 Å². The Labute approximate surface area is 196 Å². The molecule has 0 saturated heterocycles. The fourth-order valence-electron chi connectivity index (χ4n) is 3.08. The number of hydrazone groups is 1. The van der Waals surface area contributed by atoms with Crippen LogP contribution in [0.2, 0.25) is 5.02 Å². The van der Waals surface area contributed by atoms with E-state index < -0.39 is 0 Å². The maximum atomic E-state index is 6.38. The summed E-state index contributed by atoms with van der Waals surface area (Å²) < 4.78 is 12.7. The topological polar surface area (TPSA) is 89.7 Å². The third-order valence-corrected chi connectivity index (χ3v) is 5.14. The van der Waals surface area contributed by atoms with E-state index in [9.17, 15) is 0 Å². The van der Waals surface area contributed by atoms with Gasteiger partial charge < -0.3 is 14.4 Å². The van der Waals surface area contributed by atoms with Gasteiger partial charge in [-0.2, -0.15) is 10.2 Å². The number of methoxy groups -OCH3 is 1. The van der Waals surface area contributed by atoms with E-state index in [1.54, 1.807) is 30.3 Å². The van der Waals surface area contributed by atoms with Gasteiger partial charge in [-0.1, -0.05) is 17.7 Å². The summed E-state index contributed by atoms with van der Waals surface area (Å²) in [7, 11) is 5.62. The molecule has 0 fully saturated rings. The Morgan fingerprint density at radius 2 is 2.03 bits per heavy atom. The van der Waals surface area contributed by atoms with Crippen LogP contribution in [0.5, 0.6) is 11.5 Å². The van der Waals surface area contributed by atoms with Crippen LogP contribution < -0.4 is 14.9 Å². The van der Waals surface area contributed by atoms with Gasteiger partial charge in [0.05, 0.1) is 35.6 Å². The SMILES string of the molecule is COc1cccc(-n2ncc3c(NN=Cc4ccc(OCCN(C)C)cc4Cl)ncnc32)c1. The van der Waals surface area contributed by atoms with Gasteiger partial charge in [0.1, 0.15) is 24.4 Å². The average molecular weight is 466 g/mol. The quantitative estimate of drug-likeness (QED) is 0.296. The zero-order valence-corrected chi connectivity index (χ0v) is 19.3. The Morgan fingerprint density at radius 3 is 2.82 bits per heavy atom. The number of fused-ring (bicyclic) bond motifs is 1. The predicted octanol–water partition coefficient (Wildman–Crippen LogP) is 3.86. The standard InChI is InChI=1S/C23H24ClN7O2/c1-30(2)9-10-33-19-8-7-16(21(24)12-19)13-27-29-22-20-14-28-31(23(20)26-15-25-22)17-5-4-6-18(11-17)32-3/h4-8,11-15H,9-10H2,1-3H3,(H,25,26,29). The van der Waals surface area contributed by atoms with Crippen LogP contribution in [0.3, 0.4) is 0 Å². The fraction of sp³-hybridized carbons (Fsp3) is 0.217. The van der Waals surface area contributed by atoms with Crippen molar-refractivity contribution in [3.05, 3.63) is 65.6 Å². The predicted molar refractivity (Wildman–Crippen MR) is 130 cm³/mol. The molecule has 0 spiro atoms. The number of nitrogens with zero attached hydrogens (tertiary/aromatic N) is 6. The van der Waals surface area contributed by atoms with E-state index in [0.29, 0.717) is 23.1 Å². The normalized spacial score (nSPS) is 11.4. The van der Waals surface area contributed by atoms with Gasteiger partial charge in [-0.3, -0.25) is 5.43 Å². The molecule has 33 heavy (non-hydrogen) atoms. The second-order valence-corrected chi connectivity index (χ2v) is 7.83. The lowest BCUT2D eigenvalue weighted by Crippen LogP contribution is -2.19. The number of anilines is 1. The molecule has 1 N–H and O–H groups in total. The van der Waals surface area contributed by atoms with Crippen molar-refractivity contribution >= 4 is 34.7 Å². The number of benzene rings is 2. The molecule has 4 aromatic rings. The molecule has 170 valence electrons. The van der Waals surface area contributed by atoms with Crippen LogP contribution in [-0.4, -0.2) is 65.2 Å². The van der Waals surface area contributed by atoms with Crippen molar-refractivity contribution in [2.24, 2.45) is 5.10 Å². The minimum Gasteiger partial charge on any atom is -0.497 e. The molecule has 0 aliphatic rings. The maximum Gasteiger partial charge on any atom is 0.168 e. The minimum atomic E-state index is 0.533. The second kappa shape index (κ2) is 10.3. The van der Waals surface area contributed by atoms with Gasteiger partial charge in [0.15, 0.2) is 11.5 Å². The van der Waals surface area contributed by atoms with Gasteiger partial charge in [0.25, 0.3) is 0 Å². The summed E-state index contributed by atoms with van der Waals surface area (Å²) in [5.41, 5.74) is 5.19. The van der Waals surface area contributed by atoms with Crippen LogP contribution in [0, 0.1) is 0 Å². The zero-order valence-electron chi connectivity index (χ0n) is 18.6. The highest BCUT2D eigenvalue weighted by atomic mass is 35.5. The highest BCUT2D eigenvalue weighted by Gasteiger charge is 2.11. The molecule has 0 aliphatic heterocycles. The highest BCUT2D eigenvalue weighted by Crippen LogP contribution is 2.24. The lowest BCUT2D eigenvalue weighted by molar-refractivity contribution is 0.261. The van der Waals surface area contributed by atoms with E-state index in [-0.39, 0.29) is 0 Å². The molecule has 4 rings (SSSR count). The van der Waals surface area contributed by atoms with E-state index >= 15 is 0 Å².